The summed E-state index contributed by atoms with van der Waals surface area (Å²) in [7, 11) is 1.81. The van der Waals surface area contributed by atoms with Gasteiger partial charge in [-0.25, -0.2) is 4.99 Å². The molecule has 2 rings (SSSR count). The highest BCUT2D eigenvalue weighted by atomic mass is 127. The fourth-order valence-corrected chi connectivity index (χ4v) is 3.25. The van der Waals surface area contributed by atoms with Crippen LogP contribution in [-0.4, -0.2) is 48.6 Å². The van der Waals surface area contributed by atoms with Crippen molar-refractivity contribution in [1.29, 1.82) is 0 Å². The third kappa shape index (κ3) is 8.53. The predicted octanol–water partition coefficient (Wildman–Crippen LogP) is 3.33. The maximum absolute atomic E-state index is 12.4. The Balaban J connectivity index is 0.00000480. The summed E-state index contributed by atoms with van der Waals surface area (Å²) in [6.45, 7) is 9.27. The number of halogens is 1. The standard InChI is InChI=1S/C23H34N4O3.HI/c1-6-24-22(26-16-23(4,29)20-14-17(2)30-18(20)3)25-13-12-21(28)27(5)15-19-10-8-7-9-11-19;/h7-11,14,29H,6,12-13,15-16H2,1-5H3,(H2,24,25,26);1H. The molecule has 2 aromatic rings. The average Bonchev–Trinajstić information content (AvgIpc) is 3.05. The van der Waals surface area contributed by atoms with Gasteiger partial charge in [0.15, 0.2) is 5.96 Å². The maximum atomic E-state index is 12.4. The molecule has 1 aromatic carbocycles. The molecule has 1 atom stereocenters. The molecule has 0 saturated heterocycles. The van der Waals surface area contributed by atoms with Gasteiger partial charge in [-0.1, -0.05) is 30.3 Å². The van der Waals surface area contributed by atoms with Crippen molar-refractivity contribution >= 4 is 35.8 Å². The number of carbonyl (C=O) groups is 1. The first kappa shape index (κ1) is 27.0. The molecule has 0 aliphatic carbocycles. The van der Waals surface area contributed by atoms with Gasteiger partial charge in [0, 0.05) is 38.7 Å². The van der Waals surface area contributed by atoms with E-state index in [1.165, 1.54) is 0 Å². The number of benzene rings is 1. The Morgan fingerprint density at radius 2 is 1.90 bits per heavy atom. The monoisotopic (exact) mass is 542 g/mol. The summed E-state index contributed by atoms with van der Waals surface area (Å²) in [5.41, 5.74) is 0.691. The molecule has 0 spiro atoms. The molecule has 0 fully saturated rings. The molecule has 3 N–H and O–H groups in total. The van der Waals surface area contributed by atoms with E-state index < -0.39 is 5.60 Å². The Morgan fingerprint density at radius 1 is 1.23 bits per heavy atom. The molecule has 172 valence electrons. The minimum atomic E-state index is -1.14. The van der Waals surface area contributed by atoms with E-state index in [0.29, 0.717) is 37.8 Å². The van der Waals surface area contributed by atoms with Crippen molar-refractivity contribution in [2.45, 2.75) is 46.3 Å². The summed E-state index contributed by atoms with van der Waals surface area (Å²) in [5.74, 6) is 2.07. The Morgan fingerprint density at radius 3 is 2.48 bits per heavy atom. The highest BCUT2D eigenvalue weighted by Crippen LogP contribution is 2.27. The number of amides is 1. The van der Waals surface area contributed by atoms with Crippen LogP contribution in [0.5, 0.6) is 0 Å². The lowest BCUT2D eigenvalue weighted by Gasteiger charge is -2.22. The van der Waals surface area contributed by atoms with Crippen molar-refractivity contribution in [1.82, 2.24) is 15.5 Å². The maximum Gasteiger partial charge on any atom is 0.224 e. The van der Waals surface area contributed by atoms with Gasteiger partial charge in [-0.3, -0.25) is 4.79 Å². The van der Waals surface area contributed by atoms with Crippen molar-refractivity contribution in [3.05, 3.63) is 59.0 Å². The fourth-order valence-electron chi connectivity index (χ4n) is 3.25. The first-order chi connectivity index (χ1) is 14.2. The SMILES string of the molecule is CCNC(=NCC(C)(O)c1cc(C)oc1C)NCCC(=O)N(C)Cc1ccccc1.I. The van der Waals surface area contributed by atoms with Crippen LogP contribution in [0.2, 0.25) is 0 Å². The van der Waals surface area contributed by atoms with Crippen molar-refractivity contribution < 1.29 is 14.3 Å². The molecule has 1 amide bonds. The second-order valence-electron chi connectivity index (χ2n) is 7.71. The molecule has 1 heterocycles. The molecule has 8 heteroatoms. The van der Waals surface area contributed by atoms with Crippen LogP contribution in [0.25, 0.3) is 0 Å². The molecule has 0 bridgehead atoms. The molecule has 0 aliphatic heterocycles. The molecule has 1 aromatic heterocycles. The lowest BCUT2D eigenvalue weighted by molar-refractivity contribution is -0.130. The van der Waals surface area contributed by atoms with Crippen LogP contribution in [0, 0.1) is 13.8 Å². The molecule has 7 nitrogen and oxygen atoms in total. The van der Waals surface area contributed by atoms with Crippen molar-refractivity contribution in [3.63, 3.8) is 0 Å². The molecule has 0 aliphatic rings. The number of furan rings is 1. The summed E-state index contributed by atoms with van der Waals surface area (Å²) < 4.78 is 5.53. The van der Waals surface area contributed by atoms with Gasteiger partial charge in [0.1, 0.15) is 17.1 Å². The van der Waals surface area contributed by atoms with Crippen molar-refractivity contribution in [2.75, 3.05) is 26.7 Å². The van der Waals surface area contributed by atoms with Gasteiger partial charge in [0.05, 0.1) is 6.54 Å². The summed E-state index contributed by atoms with van der Waals surface area (Å²) in [5, 5.41) is 17.2. The number of hydrogen-bond donors (Lipinski definition) is 3. The summed E-state index contributed by atoms with van der Waals surface area (Å²) >= 11 is 0. The Kier molecular flexibility index (Phi) is 11.1. The van der Waals surface area contributed by atoms with E-state index >= 15 is 0 Å². The largest absolute Gasteiger partial charge is 0.466 e. The Bertz CT molecular complexity index is 850. The third-order valence-electron chi connectivity index (χ3n) is 4.83. The molecule has 1 unspecified atom stereocenters. The quantitative estimate of drug-likeness (QED) is 0.257. The number of nitrogens with zero attached hydrogens (tertiary/aromatic N) is 2. The molecule has 31 heavy (non-hydrogen) atoms. The zero-order valence-electron chi connectivity index (χ0n) is 19.1. The lowest BCUT2D eigenvalue weighted by Crippen LogP contribution is -2.40. The molecule has 0 radical (unpaired) electrons. The molecular formula is C23H35IN4O3. The number of aliphatic imine (C=N–C) groups is 1. The lowest BCUT2D eigenvalue weighted by atomic mass is 9.96. The first-order valence-electron chi connectivity index (χ1n) is 10.3. The van der Waals surface area contributed by atoms with Crippen LogP contribution >= 0.6 is 24.0 Å². The van der Waals surface area contributed by atoms with Gasteiger partial charge in [0.25, 0.3) is 0 Å². The van der Waals surface area contributed by atoms with E-state index in [1.807, 2.05) is 57.2 Å². The smallest absolute Gasteiger partial charge is 0.224 e. The van der Waals surface area contributed by atoms with Gasteiger partial charge >= 0.3 is 0 Å². The number of nitrogens with one attached hydrogen (secondary N) is 2. The zero-order chi connectivity index (χ0) is 22.1. The average molecular weight is 542 g/mol. The Hall–Kier alpha value is -2.07. The minimum Gasteiger partial charge on any atom is -0.466 e. The van der Waals surface area contributed by atoms with Gasteiger partial charge in [-0.2, -0.15) is 0 Å². The van der Waals surface area contributed by atoms with Gasteiger partial charge < -0.3 is 25.1 Å². The zero-order valence-corrected chi connectivity index (χ0v) is 21.4. The van der Waals surface area contributed by atoms with Crippen molar-refractivity contribution in [3.8, 4) is 0 Å². The van der Waals surface area contributed by atoms with E-state index in [1.54, 1.807) is 18.9 Å². The van der Waals surface area contributed by atoms with E-state index in [4.69, 9.17) is 4.42 Å². The second kappa shape index (κ2) is 12.7. The van der Waals surface area contributed by atoms with Crippen molar-refractivity contribution in [2.24, 2.45) is 4.99 Å². The molecular weight excluding hydrogens is 507 g/mol. The highest BCUT2D eigenvalue weighted by Gasteiger charge is 2.27. The normalized spacial score (nSPS) is 13.2. The topological polar surface area (TPSA) is 90.1 Å². The van der Waals surface area contributed by atoms with Crippen LogP contribution in [-0.2, 0) is 16.9 Å². The third-order valence-corrected chi connectivity index (χ3v) is 4.83. The van der Waals surface area contributed by atoms with E-state index in [-0.39, 0.29) is 36.4 Å². The van der Waals surface area contributed by atoms with E-state index in [2.05, 4.69) is 15.6 Å². The molecule has 0 saturated carbocycles. The number of hydrogen-bond acceptors (Lipinski definition) is 4. The van der Waals surface area contributed by atoms with Crippen LogP contribution < -0.4 is 10.6 Å². The number of carbonyl (C=O) groups excluding carboxylic acids is 1. The first-order valence-corrected chi connectivity index (χ1v) is 10.3. The van der Waals surface area contributed by atoms with E-state index in [9.17, 15) is 9.90 Å². The number of guanidine groups is 1. The summed E-state index contributed by atoms with van der Waals surface area (Å²) in [6.07, 6.45) is 0.351. The van der Waals surface area contributed by atoms with Crippen LogP contribution in [0.3, 0.4) is 0 Å². The van der Waals surface area contributed by atoms with Crippen LogP contribution in [0.15, 0.2) is 45.8 Å². The van der Waals surface area contributed by atoms with Gasteiger partial charge in [-0.05, 0) is 39.3 Å². The predicted molar refractivity (Wildman–Crippen MR) is 135 cm³/mol. The number of rotatable bonds is 9. The van der Waals surface area contributed by atoms with Crippen LogP contribution in [0.1, 0.15) is 42.9 Å². The number of aryl methyl sites for hydroxylation is 2. The van der Waals surface area contributed by atoms with Crippen LogP contribution in [0.4, 0.5) is 0 Å². The fraction of sp³-hybridized carbons (Fsp3) is 0.478. The Labute approximate surface area is 202 Å². The number of aliphatic hydroxyl groups is 1. The van der Waals surface area contributed by atoms with Gasteiger partial charge in [0.2, 0.25) is 5.91 Å². The summed E-state index contributed by atoms with van der Waals surface area (Å²) in [4.78, 5) is 18.6. The minimum absolute atomic E-state index is 0. The second-order valence-corrected chi connectivity index (χ2v) is 7.71. The highest BCUT2D eigenvalue weighted by molar-refractivity contribution is 14.0. The van der Waals surface area contributed by atoms with Gasteiger partial charge in [-0.15, -0.1) is 24.0 Å². The summed E-state index contributed by atoms with van der Waals surface area (Å²) in [6, 6.07) is 11.8. The van der Waals surface area contributed by atoms with E-state index in [0.717, 1.165) is 16.9 Å².